The zero-order valence-electron chi connectivity index (χ0n) is 11.3. The number of ether oxygens (including phenoxy) is 1. The Morgan fingerprint density at radius 1 is 1.26 bits per heavy atom. The van der Waals surface area contributed by atoms with Crippen molar-refractivity contribution in [1.82, 2.24) is 10.4 Å². The molecule has 0 bridgehead atoms. The van der Waals surface area contributed by atoms with Gasteiger partial charge in [0.25, 0.3) is 11.8 Å². The van der Waals surface area contributed by atoms with Gasteiger partial charge in [-0.05, 0) is 19.1 Å². The monoisotopic (exact) mass is 266 g/mol. The number of para-hydroxylation sites is 1. The maximum atomic E-state index is 11.8. The topological polar surface area (TPSA) is 67.9 Å². The minimum atomic E-state index is -0.408. The van der Waals surface area contributed by atoms with Crippen LogP contribution in [0.4, 0.5) is 0 Å². The number of benzene rings is 1. The normalized spacial score (nSPS) is 9.84. The Labute approximate surface area is 112 Å². The number of carbonyl (C=O) groups excluding carboxylic acids is 2. The summed E-state index contributed by atoms with van der Waals surface area (Å²) in [7, 11) is 3.28. The van der Waals surface area contributed by atoms with Crippen molar-refractivity contribution in [1.29, 1.82) is 0 Å². The maximum Gasteiger partial charge on any atom is 0.278 e. The summed E-state index contributed by atoms with van der Waals surface area (Å²) in [6.45, 7) is 2.01. The molecule has 6 nitrogen and oxygen atoms in total. The molecule has 0 aromatic heterocycles. The van der Waals surface area contributed by atoms with E-state index in [1.807, 2.05) is 0 Å². The Morgan fingerprint density at radius 3 is 2.58 bits per heavy atom. The van der Waals surface area contributed by atoms with E-state index in [0.717, 1.165) is 0 Å². The van der Waals surface area contributed by atoms with Crippen LogP contribution in [-0.4, -0.2) is 44.0 Å². The molecule has 0 radical (unpaired) electrons. The van der Waals surface area contributed by atoms with Gasteiger partial charge in [0, 0.05) is 14.1 Å². The van der Waals surface area contributed by atoms with Gasteiger partial charge in [-0.1, -0.05) is 12.1 Å². The predicted molar refractivity (Wildman–Crippen MR) is 69.7 cm³/mol. The lowest BCUT2D eigenvalue weighted by atomic mass is 10.2. The first-order valence-electron chi connectivity index (χ1n) is 5.90. The van der Waals surface area contributed by atoms with Gasteiger partial charge < -0.3 is 9.64 Å². The summed E-state index contributed by atoms with van der Waals surface area (Å²) in [6.07, 6.45) is 0. The summed E-state index contributed by atoms with van der Waals surface area (Å²) in [4.78, 5) is 29.5. The van der Waals surface area contributed by atoms with E-state index in [4.69, 9.17) is 9.57 Å². The molecule has 0 aliphatic rings. The zero-order valence-corrected chi connectivity index (χ0v) is 11.3. The van der Waals surface area contributed by atoms with Gasteiger partial charge in [0.05, 0.1) is 12.2 Å². The largest absolute Gasteiger partial charge is 0.483 e. The van der Waals surface area contributed by atoms with Crippen LogP contribution in [0.25, 0.3) is 0 Å². The van der Waals surface area contributed by atoms with Crippen molar-refractivity contribution in [2.24, 2.45) is 0 Å². The number of hydrogen-bond acceptors (Lipinski definition) is 4. The number of hydroxylamine groups is 1. The van der Waals surface area contributed by atoms with Crippen LogP contribution >= 0.6 is 0 Å². The molecule has 1 aromatic carbocycles. The Bertz CT molecular complexity index is 446. The number of nitrogens with zero attached hydrogens (tertiary/aromatic N) is 1. The van der Waals surface area contributed by atoms with Crippen molar-refractivity contribution in [3.8, 4) is 5.75 Å². The van der Waals surface area contributed by atoms with Crippen LogP contribution in [0.3, 0.4) is 0 Å². The Morgan fingerprint density at radius 2 is 1.95 bits per heavy atom. The molecule has 2 amide bonds. The molecule has 19 heavy (non-hydrogen) atoms. The molecule has 0 aliphatic carbocycles. The fourth-order valence-electron chi connectivity index (χ4n) is 1.24. The summed E-state index contributed by atoms with van der Waals surface area (Å²) >= 11 is 0. The zero-order chi connectivity index (χ0) is 14.3. The highest BCUT2D eigenvalue weighted by Crippen LogP contribution is 2.17. The number of amides is 2. The molecule has 0 atom stereocenters. The van der Waals surface area contributed by atoms with Gasteiger partial charge >= 0.3 is 0 Å². The second-order valence-electron chi connectivity index (χ2n) is 3.94. The minimum Gasteiger partial charge on any atom is -0.483 e. The van der Waals surface area contributed by atoms with Crippen LogP contribution in [-0.2, 0) is 9.63 Å². The van der Waals surface area contributed by atoms with E-state index in [1.54, 1.807) is 45.3 Å². The molecule has 1 rings (SSSR count). The smallest absolute Gasteiger partial charge is 0.278 e. The summed E-state index contributed by atoms with van der Waals surface area (Å²) < 4.78 is 5.35. The van der Waals surface area contributed by atoms with Crippen LogP contribution in [0.15, 0.2) is 24.3 Å². The Balaban J connectivity index is 2.73. The summed E-state index contributed by atoms with van der Waals surface area (Å²) in [5.41, 5.74) is 2.61. The quantitative estimate of drug-likeness (QED) is 0.775. The van der Waals surface area contributed by atoms with Gasteiger partial charge in [0.15, 0.2) is 6.61 Å². The molecular weight excluding hydrogens is 248 g/mol. The number of rotatable bonds is 6. The van der Waals surface area contributed by atoms with Crippen molar-refractivity contribution < 1.29 is 19.2 Å². The van der Waals surface area contributed by atoms with E-state index in [1.165, 1.54) is 4.90 Å². The fraction of sp³-hybridized carbons (Fsp3) is 0.385. The third-order valence-electron chi connectivity index (χ3n) is 2.29. The van der Waals surface area contributed by atoms with E-state index >= 15 is 0 Å². The van der Waals surface area contributed by atoms with E-state index in [0.29, 0.717) is 17.9 Å². The number of hydrogen-bond donors (Lipinski definition) is 1. The van der Waals surface area contributed by atoms with E-state index in [9.17, 15) is 9.59 Å². The summed E-state index contributed by atoms with van der Waals surface area (Å²) in [5.74, 6) is -0.246. The first kappa shape index (κ1) is 15.0. The maximum absolute atomic E-state index is 11.8. The van der Waals surface area contributed by atoms with Crippen molar-refractivity contribution in [3.05, 3.63) is 29.8 Å². The molecule has 0 saturated carbocycles. The minimum absolute atomic E-state index is 0.119. The standard InChI is InChI=1S/C13H18N2O4/c1-4-19-14-13(17)10-7-5-6-8-11(10)18-9-12(16)15(2)3/h5-8H,4,9H2,1-3H3,(H,14,17). The van der Waals surface area contributed by atoms with Gasteiger partial charge in [0.2, 0.25) is 0 Å². The van der Waals surface area contributed by atoms with Crippen molar-refractivity contribution in [2.45, 2.75) is 6.92 Å². The van der Waals surface area contributed by atoms with Gasteiger partial charge in [-0.25, -0.2) is 5.48 Å². The SMILES string of the molecule is CCONC(=O)c1ccccc1OCC(=O)N(C)C. The summed E-state index contributed by atoms with van der Waals surface area (Å²) in [6, 6.07) is 6.67. The average Bonchev–Trinajstić information content (AvgIpc) is 2.42. The second kappa shape index (κ2) is 7.38. The molecule has 0 unspecified atom stereocenters. The van der Waals surface area contributed by atoms with E-state index in [2.05, 4.69) is 5.48 Å². The molecule has 0 heterocycles. The molecule has 1 N–H and O–H groups in total. The number of carbonyl (C=O) groups is 2. The van der Waals surface area contributed by atoms with Crippen molar-refractivity contribution >= 4 is 11.8 Å². The van der Waals surface area contributed by atoms with E-state index < -0.39 is 5.91 Å². The lowest BCUT2D eigenvalue weighted by molar-refractivity contribution is -0.130. The molecule has 0 fully saturated rings. The first-order chi connectivity index (χ1) is 9.06. The molecule has 0 spiro atoms. The highest BCUT2D eigenvalue weighted by molar-refractivity contribution is 5.96. The van der Waals surface area contributed by atoms with Crippen LogP contribution in [0.1, 0.15) is 17.3 Å². The second-order valence-corrected chi connectivity index (χ2v) is 3.94. The molecule has 0 saturated heterocycles. The Hall–Kier alpha value is -2.08. The molecule has 104 valence electrons. The predicted octanol–water partition coefficient (Wildman–Crippen LogP) is 0.835. The molecular formula is C13H18N2O4. The highest BCUT2D eigenvalue weighted by atomic mass is 16.6. The van der Waals surface area contributed by atoms with Gasteiger partial charge in [-0.2, -0.15) is 0 Å². The fourth-order valence-corrected chi connectivity index (χ4v) is 1.24. The van der Waals surface area contributed by atoms with Crippen LogP contribution < -0.4 is 10.2 Å². The van der Waals surface area contributed by atoms with Crippen molar-refractivity contribution in [2.75, 3.05) is 27.3 Å². The number of nitrogens with one attached hydrogen (secondary N) is 1. The third kappa shape index (κ3) is 4.59. The lowest BCUT2D eigenvalue weighted by Crippen LogP contribution is -2.28. The molecule has 0 aliphatic heterocycles. The van der Waals surface area contributed by atoms with Crippen molar-refractivity contribution in [3.63, 3.8) is 0 Å². The molecule has 6 heteroatoms. The Kier molecular flexibility index (Phi) is 5.81. The van der Waals surface area contributed by atoms with Gasteiger partial charge in [-0.15, -0.1) is 0 Å². The third-order valence-corrected chi connectivity index (χ3v) is 2.29. The lowest BCUT2D eigenvalue weighted by Gasteiger charge is -2.13. The average molecular weight is 266 g/mol. The van der Waals surface area contributed by atoms with Crippen LogP contribution in [0, 0.1) is 0 Å². The van der Waals surface area contributed by atoms with Gasteiger partial charge in [0.1, 0.15) is 5.75 Å². The first-order valence-corrected chi connectivity index (χ1v) is 5.90. The highest BCUT2D eigenvalue weighted by Gasteiger charge is 2.13. The number of likely N-dealkylation sites (N-methyl/N-ethyl adjacent to an activating group) is 1. The van der Waals surface area contributed by atoms with E-state index in [-0.39, 0.29) is 12.5 Å². The summed E-state index contributed by atoms with van der Waals surface area (Å²) in [5, 5.41) is 0. The van der Waals surface area contributed by atoms with Gasteiger partial charge in [-0.3, -0.25) is 14.4 Å². The van der Waals surface area contributed by atoms with Crippen LogP contribution in [0.2, 0.25) is 0 Å². The van der Waals surface area contributed by atoms with Crippen LogP contribution in [0.5, 0.6) is 5.75 Å². The molecule has 1 aromatic rings.